The van der Waals surface area contributed by atoms with E-state index in [1.807, 2.05) is 22.7 Å². The summed E-state index contributed by atoms with van der Waals surface area (Å²) in [5, 5.41) is 1.36. The van der Waals surface area contributed by atoms with Crippen molar-refractivity contribution in [3.8, 4) is 32.7 Å². The molecule has 0 spiro atoms. The zero-order valence-corrected chi connectivity index (χ0v) is 17.5. The fourth-order valence-corrected chi connectivity index (χ4v) is 6.05. The zero-order valence-electron chi connectivity index (χ0n) is 15.9. The minimum absolute atomic E-state index is 1.29. The summed E-state index contributed by atoms with van der Waals surface area (Å²) in [6.45, 7) is 4.48. The second-order valence-corrected chi connectivity index (χ2v) is 9.53. The van der Waals surface area contributed by atoms with Gasteiger partial charge in [-0.25, -0.2) is 0 Å². The van der Waals surface area contributed by atoms with Crippen LogP contribution in [0, 0.1) is 13.8 Å². The molecular formula is C26H20S2. The summed E-state index contributed by atoms with van der Waals surface area (Å²) in [6, 6.07) is 30.6. The third-order valence-electron chi connectivity index (χ3n) is 5.23. The molecule has 0 aliphatic carbocycles. The van der Waals surface area contributed by atoms with Gasteiger partial charge in [0.2, 0.25) is 0 Å². The standard InChI is InChI=1S/C26H20S2/c1-17-23(16-25(27-17)19-10-4-3-5-11-19)20-12-6-7-13-21(20)26-18(2)28-24-15-9-8-14-22(24)26/h3-16H,1-2H3. The molecule has 0 nitrogen and oxygen atoms in total. The Morgan fingerprint density at radius 3 is 2.07 bits per heavy atom. The van der Waals surface area contributed by atoms with Crippen molar-refractivity contribution in [2.24, 2.45) is 0 Å². The molecule has 0 amide bonds. The molecule has 0 radical (unpaired) electrons. The van der Waals surface area contributed by atoms with Crippen LogP contribution >= 0.6 is 22.7 Å². The van der Waals surface area contributed by atoms with Gasteiger partial charge in [-0.3, -0.25) is 0 Å². The summed E-state index contributed by atoms with van der Waals surface area (Å²) in [5.41, 5.74) is 6.66. The predicted octanol–water partition coefficient (Wildman–Crippen LogP) is 8.58. The molecule has 3 aromatic carbocycles. The Morgan fingerprint density at radius 2 is 1.25 bits per heavy atom. The maximum Gasteiger partial charge on any atom is 0.0352 e. The average Bonchev–Trinajstić information content (AvgIpc) is 3.28. The fraction of sp³-hybridized carbons (Fsp3) is 0.0769. The predicted molar refractivity (Wildman–Crippen MR) is 125 cm³/mol. The Labute approximate surface area is 173 Å². The van der Waals surface area contributed by atoms with Crippen molar-refractivity contribution in [3.63, 3.8) is 0 Å². The molecule has 0 bridgehead atoms. The number of fused-ring (bicyclic) bond motifs is 1. The molecular weight excluding hydrogens is 376 g/mol. The summed E-state index contributed by atoms with van der Waals surface area (Å²) in [7, 11) is 0. The van der Waals surface area contributed by atoms with Crippen molar-refractivity contribution in [1.82, 2.24) is 0 Å². The van der Waals surface area contributed by atoms with Crippen LogP contribution in [-0.4, -0.2) is 0 Å². The number of thiophene rings is 2. The van der Waals surface area contributed by atoms with Gasteiger partial charge >= 0.3 is 0 Å². The van der Waals surface area contributed by atoms with E-state index >= 15 is 0 Å². The van der Waals surface area contributed by atoms with E-state index in [0.29, 0.717) is 0 Å². The van der Waals surface area contributed by atoms with Crippen LogP contribution in [0.3, 0.4) is 0 Å². The normalized spacial score (nSPS) is 11.2. The highest BCUT2D eigenvalue weighted by Gasteiger charge is 2.17. The molecule has 0 aliphatic rings. The molecule has 0 fully saturated rings. The Kier molecular flexibility index (Phi) is 4.38. The van der Waals surface area contributed by atoms with Crippen LogP contribution in [0.4, 0.5) is 0 Å². The van der Waals surface area contributed by atoms with E-state index in [4.69, 9.17) is 0 Å². The maximum atomic E-state index is 2.36. The van der Waals surface area contributed by atoms with E-state index in [1.165, 1.54) is 52.5 Å². The minimum atomic E-state index is 1.29. The molecule has 5 aromatic rings. The van der Waals surface area contributed by atoms with E-state index in [9.17, 15) is 0 Å². The number of hydrogen-bond acceptors (Lipinski definition) is 2. The van der Waals surface area contributed by atoms with Gasteiger partial charge in [0.25, 0.3) is 0 Å². The van der Waals surface area contributed by atoms with Gasteiger partial charge in [0, 0.05) is 30.3 Å². The maximum absolute atomic E-state index is 2.36. The van der Waals surface area contributed by atoms with E-state index in [2.05, 4.69) is 98.8 Å². The quantitative estimate of drug-likeness (QED) is 0.286. The van der Waals surface area contributed by atoms with Gasteiger partial charge in [0.05, 0.1) is 0 Å². The Morgan fingerprint density at radius 1 is 0.571 bits per heavy atom. The Bertz CT molecular complexity index is 1270. The van der Waals surface area contributed by atoms with Crippen molar-refractivity contribution in [2.75, 3.05) is 0 Å². The SMILES string of the molecule is Cc1sc(-c2ccccc2)cc1-c1ccccc1-c1c(C)sc2ccccc12. The molecule has 2 heterocycles. The van der Waals surface area contributed by atoms with E-state index in [0.717, 1.165) is 0 Å². The lowest BCUT2D eigenvalue weighted by Gasteiger charge is -2.10. The molecule has 0 saturated heterocycles. The first kappa shape index (κ1) is 17.4. The first-order valence-corrected chi connectivity index (χ1v) is 11.1. The topological polar surface area (TPSA) is 0 Å². The second-order valence-electron chi connectivity index (χ2n) is 7.02. The smallest absolute Gasteiger partial charge is 0.0352 e. The molecule has 0 N–H and O–H groups in total. The van der Waals surface area contributed by atoms with Gasteiger partial charge in [-0.2, -0.15) is 0 Å². The molecule has 2 aromatic heterocycles. The lowest BCUT2D eigenvalue weighted by Crippen LogP contribution is -1.85. The Hall–Kier alpha value is -2.68. The monoisotopic (exact) mass is 396 g/mol. The summed E-state index contributed by atoms with van der Waals surface area (Å²) >= 11 is 3.77. The average molecular weight is 397 g/mol. The third-order valence-corrected chi connectivity index (χ3v) is 7.42. The van der Waals surface area contributed by atoms with Gasteiger partial charge in [-0.15, -0.1) is 22.7 Å². The lowest BCUT2D eigenvalue weighted by molar-refractivity contribution is 1.55. The molecule has 0 aliphatic heterocycles. The number of rotatable bonds is 3. The van der Waals surface area contributed by atoms with E-state index in [-0.39, 0.29) is 0 Å². The van der Waals surface area contributed by atoms with Gasteiger partial charge in [-0.05, 0) is 48.2 Å². The van der Waals surface area contributed by atoms with Crippen LogP contribution in [0.5, 0.6) is 0 Å². The first-order chi connectivity index (χ1) is 13.7. The summed E-state index contributed by atoms with van der Waals surface area (Å²) in [4.78, 5) is 4.07. The van der Waals surface area contributed by atoms with Crippen molar-refractivity contribution in [3.05, 3.63) is 94.7 Å². The van der Waals surface area contributed by atoms with Crippen molar-refractivity contribution >= 4 is 32.8 Å². The van der Waals surface area contributed by atoms with Crippen LogP contribution in [0.15, 0.2) is 84.9 Å². The first-order valence-electron chi connectivity index (χ1n) is 9.46. The van der Waals surface area contributed by atoms with Gasteiger partial charge in [0.15, 0.2) is 0 Å². The molecule has 0 unspecified atom stereocenters. The van der Waals surface area contributed by atoms with Crippen LogP contribution in [0.25, 0.3) is 42.8 Å². The second kappa shape index (κ2) is 7.05. The van der Waals surface area contributed by atoms with Crippen molar-refractivity contribution < 1.29 is 0 Å². The molecule has 28 heavy (non-hydrogen) atoms. The highest BCUT2D eigenvalue weighted by molar-refractivity contribution is 7.19. The molecule has 2 heteroatoms. The minimum Gasteiger partial charge on any atom is -0.140 e. The van der Waals surface area contributed by atoms with Crippen LogP contribution in [0.2, 0.25) is 0 Å². The molecule has 0 saturated carbocycles. The van der Waals surface area contributed by atoms with Gasteiger partial charge < -0.3 is 0 Å². The van der Waals surface area contributed by atoms with E-state index < -0.39 is 0 Å². The third kappa shape index (κ3) is 2.90. The number of aryl methyl sites for hydroxylation is 2. The highest BCUT2D eigenvalue weighted by Crippen LogP contribution is 2.45. The van der Waals surface area contributed by atoms with Gasteiger partial charge in [-0.1, -0.05) is 72.8 Å². The number of hydrogen-bond donors (Lipinski definition) is 0. The largest absolute Gasteiger partial charge is 0.140 e. The van der Waals surface area contributed by atoms with Crippen molar-refractivity contribution in [2.45, 2.75) is 13.8 Å². The summed E-state index contributed by atoms with van der Waals surface area (Å²) < 4.78 is 1.36. The summed E-state index contributed by atoms with van der Waals surface area (Å²) in [5.74, 6) is 0. The molecule has 0 atom stereocenters. The molecule has 5 rings (SSSR count). The lowest BCUT2D eigenvalue weighted by atomic mass is 9.93. The van der Waals surface area contributed by atoms with Crippen LogP contribution in [-0.2, 0) is 0 Å². The fourth-order valence-electron chi connectivity index (χ4n) is 3.93. The van der Waals surface area contributed by atoms with Crippen LogP contribution < -0.4 is 0 Å². The zero-order chi connectivity index (χ0) is 19.1. The highest BCUT2D eigenvalue weighted by atomic mass is 32.1. The van der Waals surface area contributed by atoms with E-state index in [1.54, 1.807) is 0 Å². The number of benzene rings is 3. The van der Waals surface area contributed by atoms with Crippen LogP contribution in [0.1, 0.15) is 9.75 Å². The van der Waals surface area contributed by atoms with Crippen molar-refractivity contribution in [1.29, 1.82) is 0 Å². The van der Waals surface area contributed by atoms with Gasteiger partial charge in [0.1, 0.15) is 0 Å². The molecule has 136 valence electrons. The summed E-state index contributed by atoms with van der Waals surface area (Å²) in [6.07, 6.45) is 0. The Balaban J connectivity index is 1.72.